The minimum absolute atomic E-state index is 0.0411. The van der Waals surface area contributed by atoms with Crippen LogP contribution < -0.4 is 11.1 Å². The molecular weight excluding hydrogens is 240 g/mol. The van der Waals surface area contributed by atoms with E-state index in [-0.39, 0.29) is 11.4 Å². The molecule has 1 rings (SSSR count). The molecule has 0 aromatic carbocycles. The number of rotatable bonds is 6. The number of carbonyl (C=O) groups is 1. The SMILES string of the molecule is CCN(CC)C(=O)c1cc(NCC(C)(C)N)ccn1. The van der Waals surface area contributed by atoms with Gasteiger partial charge in [0.05, 0.1) is 0 Å². The fraction of sp³-hybridized carbons (Fsp3) is 0.571. The topological polar surface area (TPSA) is 71.2 Å². The molecule has 0 radical (unpaired) electrons. The lowest BCUT2D eigenvalue weighted by Crippen LogP contribution is -2.39. The maximum absolute atomic E-state index is 12.2. The number of hydrogen-bond donors (Lipinski definition) is 2. The molecular formula is C14H24N4O. The summed E-state index contributed by atoms with van der Waals surface area (Å²) in [6.07, 6.45) is 1.64. The highest BCUT2D eigenvalue weighted by molar-refractivity contribution is 5.93. The second-order valence-electron chi connectivity index (χ2n) is 5.25. The van der Waals surface area contributed by atoms with Crippen LogP contribution in [0.25, 0.3) is 0 Å². The molecule has 106 valence electrons. The van der Waals surface area contributed by atoms with Gasteiger partial charge in [-0.05, 0) is 39.8 Å². The Labute approximate surface area is 115 Å². The summed E-state index contributed by atoms with van der Waals surface area (Å²) in [6.45, 7) is 9.82. The predicted molar refractivity (Wildman–Crippen MR) is 78.2 cm³/mol. The van der Waals surface area contributed by atoms with E-state index >= 15 is 0 Å². The average molecular weight is 264 g/mol. The van der Waals surface area contributed by atoms with Gasteiger partial charge in [0, 0.05) is 37.1 Å². The van der Waals surface area contributed by atoms with E-state index in [4.69, 9.17) is 5.73 Å². The van der Waals surface area contributed by atoms with Crippen LogP contribution in [0.1, 0.15) is 38.2 Å². The van der Waals surface area contributed by atoms with Gasteiger partial charge < -0.3 is 16.0 Å². The first-order chi connectivity index (χ1) is 8.87. The summed E-state index contributed by atoms with van der Waals surface area (Å²) >= 11 is 0. The fourth-order valence-corrected chi connectivity index (χ4v) is 1.66. The highest BCUT2D eigenvalue weighted by Gasteiger charge is 2.15. The number of carbonyl (C=O) groups excluding carboxylic acids is 1. The summed E-state index contributed by atoms with van der Waals surface area (Å²) in [7, 11) is 0. The van der Waals surface area contributed by atoms with Crippen LogP contribution in [0.3, 0.4) is 0 Å². The van der Waals surface area contributed by atoms with Gasteiger partial charge >= 0.3 is 0 Å². The van der Waals surface area contributed by atoms with Gasteiger partial charge in [-0.1, -0.05) is 0 Å². The molecule has 19 heavy (non-hydrogen) atoms. The van der Waals surface area contributed by atoms with E-state index in [2.05, 4.69) is 10.3 Å². The molecule has 1 aromatic heterocycles. The molecule has 0 aliphatic rings. The van der Waals surface area contributed by atoms with E-state index in [1.165, 1.54) is 0 Å². The Hall–Kier alpha value is -1.62. The van der Waals surface area contributed by atoms with Gasteiger partial charge in [-0.3, -0.25) is 9.78 Å². The number of amides is 1. The number of aromatic nitrogens is 1. The van der Waals surface area contributed by atoms with Crippen molar-refractivity contribution in [1.29, 1.82) is 0 Å². The molecule has 1 heterocycles. The van der Waals surface area contributed by atoms with E-state index < -0.39 is 0 Å². The van der Waals surface area contributed by atoms with Crippen molar-refractivity contribution in [3.8, 4) is 0 Å². The third-order valence-corrected chi connectivity index (χ3v) is 2.78. The number of nitrogens with one attached hydrogen (secondary N) is 1. The van der Waals surface area contributed by atoms with Crippen LogP contribution in [0.4, 0.5) is 5.69 Å². The molecule has 1 aromatic rings. The Bertz CT molecular complexity index is 422. The average Bonchev–Trinajstić information content (AvgIpc) is 2.37. The summed E-state index contributed by atoms with van der Waals surface area (Å²) in [5, 5.41) is 3.22. The molecule has 0 saturated carbocycles. The minimum Gasteiger partial charge on any atom is -0.383 e. The largest absolute Gasteiger partial charge is 0.383 e. The first-order valence-corrected chi connectivity index (χ1v) is 6.65. The number of anilines is 1. The Morgan fingerprint density at radius 3 is 2.58 bits per heavy atom. The van der Waals surface area contributed by atoms with Crippen LogP contribution in [-0.4, -0.2) is 41.0 Å². The monoisotopic (exact) mass is 264 g/mol. The zero-order valence-electron chi connectivity index (χ0n) is 12.2. The van der Waals surface area contributed by atoms with Crippen LogP contribution >= 0.6 is 0 Å². The molecule has 0 saturated heterocycles. The van der Waals surface area contributed by atoms with Crippen molar-refractivity contribution >= 4 is 11.6 Å². The van der Waals surface area contributed by atoms with Gasteiger partial charge in [-0.15, -0.1) is 0 Å². The van der Waals surface area contributed by atoms with E-state index in [9.17, 15) is 4.79 Å². The molecule has 5 heteroatoms. The smallest absolute Gasteiger partial charge is 0.272 e. The molecule has 3 N–H and O–H groups in total. The first-order valence-electron chi connectivity index (χ1n) is 6.65. The van der Waals surface area contributed by atoms with Crippen LogP contribution in [0.15, 0.2) is 18.3 Å². The lowest BCUT2D eigenvalue weighted by atomic mass is 10.1. The minimum atomic E-state index is -0.299. The second-order valence-corrected chi connectivity index (χ2v) is 5.25. The number of pyridine rings is 1. The van der Waals surface area contributed by atoms with Crippen molar-refractivity contribution in [2.45, 2.75) is 33.2 Å². The normalized spacial score (nSPS) is 11.2. The van der Waals surface area contributed by atoms with Crippen molar-refractivity contribution in [2.24, 2.45) is 5.73 Å². The van der Waals surface area contributed by atoms with Gasteiger partial charge in [0.25, 0.3) is 5.91 Å². The summed E-state index contributed by atoms with van der Waals surface area (Å²) in [5.41, 5.74) is 6.95. The summed E-state index contributed by atoms with van der Waals surface area (Å²) in [5.74, 6) is -0.0411. The molecule has 0 spiro atoms. The van der Waals surface area contributed by atoms with E-state index in [1.807, 2.05) is 33.8 Å². The van der Waals surface area contributed by atoms with Crippen LogP contribution in [0.5, 0.6) is 0 Å². The summed E-state index contributed by atoms with van der Waals surface area (Å²) in [6, 6.07) is 3.61. The highest BCUT2D eigenvalue weighted by Crippen LogP contribution is 2.11. The first kappa shape index (κ1) is 15.4. The van der Waals surface area contributed by atoms with Gasteiger partial charge in [0.2, 0.25) is 0 Å². The number of nitrogens with zero attached hydrogens (tertiary/aromatic N) is 2. The van der Waals surface area contributed by atoms with Crippen LogP contribution in [-0.2, 0) is 0 Å². The quantitative estimate of drug-likeness (QED) is 0.820. The van der Waals surface area contributed by atoms with Gasteiger partial charge in [-0.25, -0.2) is 0 Å². The summed E-state index contributed by atoms with van der Waals surface area (Å²) in [4.78, 5) is 18.1. The fourth-order valence-electron chi connectivity index (χ4n) is 1.66. The van der Waals surface area contributed by atoms with E-state index in [1.54, 1.807) is 17.2 Å². The molecule has 0 bridgehead atoms. The molecule has 0 unspecified atom stereocenters. The number of hydrogen-bond acceptors (Lipinski definition) is 4. The Balaban J connectivity index is 2.79. The van der Waals surface area contributed by atoms with Gasteiger partial charge in [0.1, 0.15) is 5.69 Å². The lowest BCUT2D eigenvalue weighted by molar-refractivity contribution is 0.0767. The van der Waals surface area contributed by atoms with Crippen molar-refractivity contribution in [3.05, 3.63) is 24.0 Å². The zero-order chi connectivity index (χ0) is 14.5. The van der Waals surface area contributed by atoms with Gasteiger partial charge in [0.15, 0.2) is 0 Å². The molecule has 0 atom stereocenters. The maximum atomic E-state index is 12.2. The Morgan fingerprint density at radius 2 is 2.05 bits per heavy atom. The summed E-state index contributed by atoms with van der Waals surface area (Å²) < 4.78 is 0. The lowest BCUT2D eigenvalue weighted by Gasteiger charge is -2.21. The molecule has 0 fully saturated rings. The zero-order valence-corrected chi connectivity index (χ0v) is 12.2. The second kappa shape index (κ2) is 6.52. The molecule has 0 aliphatic heterocycles. The van der Waals surface area contributed by atoms with E-state index in [0.29, 0.717) is 25.3 Å². The predicted octanol–water partition coefficient (Wildman–Crippen LogP) is 1.71. The molecule has 0 aliphatic carbocycles. The highest BCUT2D eigenvalue weighted by atomic mass is 16.2. The van der Waals surface area contributed by atoms with Crippen molar-refractivity contribution in [3.63, 3.8) is 0 Å². The molecule has 1 amide bonds. The van der Waals surface area contributed by atoms with Crippen molar-refractivity contribution in [2.75, 3.05) is 25.0 Å². The maximum Gasteiger partial charge on any atom is 0.272 e. The van der Waals surface area contributed by atoms with E-state index in [0.717, 1.165) is 5.69 Å². The third-order valence-electron chi connectivity index (χ3n) is 2.78. The van der Waals surface area contributed by atoms with Crippen molar-refractivity contribution < 1.29 is 4.79 Å². The van der Waals surface area contributed by atoms with Crippen molar-refractivity contribution in [1.82, 2.24) is 9.88 Å². The standard InChI is InChI=1S/C14H24N4O/c1-5-18(6-2)13(19)12-9-11(7-8-16-12)17-10-14(3,4)15/h7-9H,5-6,10,15H2,1-4H3,(H,16,17). The Kier molecular flexibility index (Phi) is 5.30. The van der Waals surface area contributed by atoms with Crippen LogP contribution in [0, 0.1) is 0 Å². The Morgan fingerprint density at radius 1 is 1.42 bits per heavy atom. The molecule has 5 nitrogen and oxygen atoms in total. The van der Waals surface area contributed by atoms with Crippen LogP contribution in [0.2, 0.25) is 0 Å². The number of nitrogens with two attached hydrogens (primary N) is 1. The third kappa shape index (κ3) is 4.87. The van der Waals surface area contributed by atoms with Gasteiger partial charge in [-0.2, -0.15) is 0 Å².